The van der Waals surface area contributed by atoms with Crippen LogP contribution < -0.4 is 48.7 Å². The van der Waals surface area contributed by atoms with E-state index in [0.717, 1.165) is 211 Å². The SMILES string of the molecule is CN1CCCC1C(=O)Cc1ccc2cc(C(=O)Cc3cc(-c4cccs4)ccc3N)ncc2c1.Nc1ccc(-c2ccc(F)cc2)cc1CC(=O)c1cc2ccc(N3CCNCC3)cc2cn1.Nc1ccc(-c2ccco2)cc1CC(=O)c1cc2ccc(N3CCNCC3)cc2cn1.Nc1ccc(-c2cccs2)cc1CC(=O)c1cc2ccc(CC(=O)C3CCCN3)cc2cn1. The zero-order valence-electron chi connectivity index (χ0n) is 72.8. The molecule has 0 spiro atoms. The number of likely N-dealkylation sites (tertiary alicyclic amines) is 1. The van der Waals surface area contributed by atoms with Crippen LogP contribution in [0.15, 0.2) is 277 Å². The Morgan fingerprint density at radius 1 is 0.389 bits per heavy atom. The van der Waals surface area contributed by atoms with Gasteiger partial charge in [-0.3, -0.25) is 53.6 Å². The molecule has 4 aliphatic heterocycles. The monoisotopic (exact) mass is 1780 g/mol. The second-order valence-corrected chi connectivity index (χ2v) is 35.6. The highest BCUT2D eigenvalue weighted by Gasteiger charge is 2.29. The Morgan fingerprint density at radius 2 is 0.794 bits per heavy atom. The normalized spacial score (nSPS) is 15.0. The minimum Gasteiger partial charge on any atom is -0.464 e. The first-order valence-electron chi connectivity index (χ1n) is 44.3. The molecule has 131 heavy (non-hydrogen) atoms. The molecule has 20 rings (SSSR count). The van der Waals surface area contributed by atoms with E-state index in [0.29, 0.717) is 58.4 Å². The number of Topliss-reactive ketones (excluding diaryl/α,β-unsaturated/α-hetero) is 6. The number of nitrogens with one attached hydrogen (secondary N) is 3. The Hall–Kier alpha value is -14.1. The van der Waals surface area contributed by atoms with Gasteiger partial charge in [-0.25, -0.2) is 4.39 Å². The Balaban J connectivity index is 0.000000122. The summed E-state index contributed by atoms with van der Waals surface area (Å²) in [7, 11) is 2.02. The van der Waals surface area contributed by atoms with E-state index >= 15 is 0 Å². The molecule has 2 atom stereocenters. The maximum atomic E-state index is 13.3. The second kappa shape index (κ2) is 41.1. The lowest BCUT2D eigenvalue weighted by molar-refractivity contribution is -0.122. The maximum Gasteiger partial charge on any atom is 0.185 e. The first-order valence-corrected chi connectivity index (χ1v) is 46.1. The van der Waals surface area contributed by atoms with Gasteiger partial charge in [0.05, 0.1) is 18.3 Å². The largest absolute Gasteiger partial charge is 0.464 e. The standard InChI is InChI=1S/C28H27N3O2S.C27H25FN4O.C27H25N3O2S.C25H24N4O2/c1-31-10-2-4-25(31)27(33)13-18-6-7-19-15-24(30-17-22(19)12-18)26(32)16-21-14-20(8-9-23(21)29)28-5-3-11-34-28;28-23-5-1-18(2-6-23)19-4-8-25(29)21(13-19)16-27(33)26-15-20-3-7-24(14-22(20)17-31-26)32-11-9-30-10-12-32;28-22-8-7-19(27-4-2-10-33-27)13-20(22)15-26(32)24-14-18-6-5-17(11-21(18)16-30-24)12-25(31)23-3-1-9-29-23;26-22-6-4-18(25-2-1-11-31-25)12-19(22)15-24(30)23-14-17-3-5-21(13-20(17)16-28-23)29-9-7-27-8-10-29/h3,5-9,11-12,14-15,17,25H,2,4,10,13,16,29H2,1H3;1-8,13-15,17,30H,9-12,16,29H2;2,4-8,10-11,13-14,16,23,29H,1,3,9,12,15,28H2;1-6,11-14,16,27H,7-10,15,26H2. The number of nitrogen functional groups attached to an aromatic ring is 4. The molecule has 7 aromatic heterocycles. The van der Waals surface area contributed by atoms with Crippen molar-refractivity contribution < 1.29 is 37.6 Å². The number of nitrogens with two attached hydrogens (primary N) is 4. The summed E-state index contributed by atoms with van der Waals surface area (Å²) in [5, 5.41) is 21.8. The predicted octanol–water partition coefficient (Wildman–Crippen LogP) is 18.4. The number of pyridine rings is 4. The van der Waals surface area contributed by atoms with Gasteiger partial charge in [-0.15, -0.1) is 22.7 Å². The summed E-state index contributed by atoms with van der Waals surface area (Å²) >= 11 is 3.31. The average molecular weight is 1780 g/mol. The fourth-order valence-corrected chi connectivity index (χ4v) is 18.8. The smallest absolute Gasteiger partial charge is 0.185 e. The van der Waals surface area contributed by atoms with Crippen molar-refractivity contribution in [2.24, 2.45) is 0 Å². The molecule has 660 valence electrons. The number of carbonyl (C=O) groups is 6. The van der Waals surface area contributed by atoms with E-state index in [1.807, 2.05) is 169 Å². The second-order valence-electron chi connectivity index (χ2n) is 33.7. The van der Waals surface area contributed by atoms with Gasteiger partial charge >= 0.3 is 0 Å². The molecule has 4 saturated heterocycles. The van der Waals surface area contributed by atoms with E-state index in [1.54, 1.807) is 71.9 Å². The van der Waals surface area contributed by atoms with Crippen molar-refractivity contribution in [1.82, 2.24) is 40.8 Å². The minimum atomic E-state index is -0.285. The summed E-state index contributed by atoms with van der Waals surface area (Å²) in [6, 6.07) is 72.8. The number of fused-ring (bicyclic) bond motifs is 4. The molecule has 4 aliphatic rings. The zero-order chi connectivity index (χ0) is 90.4. The van der Waals surface area contributed by atoms with Crippen molar-refractivity contribution in [2.75, 3.05) is 105 Å². The van der Waals surface area contributed by atoms with Crippen LogP contribution in [0, 0.1) is 5.82 Å². The van der Waals surface area contributed by atoms with E-state index in [-0.39, 0.29) is 78.3 Å². The number of rotatable bonds is 24. The molecule has 16 aromatic rings. The van der Waals surface area contributed by atoms with Crippen molar-refractivity contribution in [3.8, 4) is 43.3 Å². The number of piperazine rings is 2. The summed E-state index contributed by atoms with van der Waals surface area (Å²) in [5.74, 6) is 0.668. The summed E-state index contributed by atoms with van der Waals surface area (Å²) in [4.78, 5) is 104. The molecular formula is C107H101FN14O7S2. The number of hydrogen-bond donors (Lipinski definition) is 7. The molecule has 4 fully saturated rings. The van der Waals surface area contributed by atoms with Crippen LogP contribution in [-0.4, -0.2) is 144 Å². The highest BCUT2D eigenvalue weighted by atomic mass is 32.1. The van der Waals surface area contributed by atoms with E-state index < -0.39 is 0 Å². The molecule has 11 N–H and O–H groups in total. The van der Waals surface area contributed by atoms with Crippen LogP contribution in [0.4, 0.5) is 38.5 Å². The highest BCUT2D eigenvalue weighted by Crippen LogP contribution is 2.35. The number of carbonyl (C=O) groups excluding carboxylic acids is 6. The molecule has 21 nitrogen and oxygen atoms in total. The molecule has 11 heterocycles. The number of likely N-dealkylation sites (N-methyl/N-ethyl adjacent to an activating group) is 1. The third-order valence-corrected chi connectivity index (χ3v) is 26.6. The first kappa shape index (κ1) is 88.9. The Bertz CT molecular complexity index is 6870. The zero-order valence-corrected chi connectivity index (χ0v) is 74.4. The number of aromatic nitrogens is 4. The number of anilines is 6. The molecule has 0 radical (unpaired) electrons. The predicted molar refractivity (Wildman–Crippen MR) is 527 cm³/mol. The van der Waals surface area contributed by atoms with Crippen LogP contribution in [0.2, 0.25) is 0 Å². The summed E-state index contributed by atoms with van der Waals surface area (Å²) in [5.41, 5.74) is 40.9. The molecule has 0 aliphatic carbocycles. The summed E-state index contributed by atoms with van der Waals surface area (Å²) < 4.78 is 18.7. The number of furan rings is 1. The molecule has 9 aromatic carbocycles. The van der Waals surface area contributed by atoms with E-state index in [1.165, 1.54) is 23.5 Å². The van der Waals surface area contributed by atoms with E-state index in [2.05, 4.69) is 99.1 Å². The number of thiophene rings is 2. The topological polar surface area (TPSA) is 317 Å². The van der Waals surface area contributed by atoms with E-state index in [9.17, 15) is 33.2 Å². The third-order valence-electron chi connectivity index (χ3n) is 24.8. The Labute approximate surface area is 767 Å². The van der Waals surface area contributed by atoms with Gasteiger partial charge in [0.25, 0.3) is 0 Å². The molecule has 24 heteroatoms. The minimum absolute atomic E-state index is 0.0235. The van der Waals surface area contributed by atoms with Gasteiger partial charge in [-0.1, -0.05) is 78.9 Å². The lowest BCUT2D eigenvalue weighted by Crippen LogP contribution is -2.43. The van der Waals surface area contributed by atoms with Gasteiger partial charge in [0, 0.05) is 187 Å². The molecule has 0 bridgehead atoms. The molecule has 0 saturated carbocycles. The fraction of sp³-hybridized carbons (Fsp3) is 0.215. The number of ketones is 6. The van der Waals surface area contributed by atoms with Crippen LogP contribution in [0.25, 0.3) is 86.4 Å². The summed E-state index contributed by atoms with van der Waals surface area (Å²) in [6.45, 7) is 9.80. The van der Waals surface area contributed by atoms with Crippen molar-refractivity contribution in [2.45, 2.75) is 76.3 Å². The van der Waals surface area contributed by atoms with Crippen LogP contribution in [0.1, 0.15) is 101 Å². The van der Waals surface area contributed by atoms with Gasteiger partial charge < -0.3 is 53.1 Å². The molecule has 0 amide bonds. The Morgan fingerprint density at radius 3 is 1.20 bits per heavy atom. The number of benzene rings is 9. The lowest BCUT2D eigenvalue weighted by atomic mass is 9.98. The van der Waals surface area contributed by atoms with Gasteiger partial charge in [0.1, 0.15) is 34.4 Å². The van der Waals surface area contributed by atoms with Crippen molar-refractivity contribution in [3.63, 3.8) is 0 Å². The van der Waals surface area contributed by atoms with Gasteiger partial charge in [0.15, 0.2) is 34.7 Å². The third kappa shape index (κ3) is 21.9. The van der Waals surface area contributed by atoms with Gasteiger partial charge in [-0.05, 0) is 285 Å². The molecule has 2 unspecified atom stereocenters. The van der Waals surface area contributed by atoms with Crippen molar-refractivity contribution in [3.05, 3.63) is 334 Å². The van der Waals surface area contributed by atoms with Crippen LogP contribution in [0.3, 0.4) is 0 Å². The van der Waals surface area contributed by atoms with Gasteiger partial charge in [0.2, 0.25) is 0 Å². The van der Waals surface area contributed by atoms with Crippen molar-refractivity contribution in [1.29, 1.82) is 0 Å². The first-order chi connectivity index (χ1) is 63.8. The number of nitrogens with zero attached hydrogens (tertiary/aromatic N) is 7. The Kier molecular flexibility index (Phi) is 27.9. The highest BCUT2D eigenvalue weighted by molar-refractivity contribution is 7.13. The van der Waals surface area contributed by atoms with Crippen LogP contribution >= 0.6 is 22.7 Å². The number of halogens is 1. The fourth-order valence-electron chi connectivity index (χ4n) is 17.3. The maximum absolute atomic E-state index is 13.3. The number of hydrogen-bond acceptors (Lipinski definition) is 23. The average Bonchev–Trinajstić information content (AvgIpc) is 1.31. The van der Waals surface area contributed by atoms with Crippen LogP contribution in [0.5, 0.6) is 0 Å². The van der Waals surface area contributed by atoms with Crippen LogP contribution in [-0.2, 0) is 48.1 Å². The van der Waals surface area contributed by atoms with Crippen molar-refractivity contribution >= 4 is 135 Å². The lowest BCUT2D eigenvalue weighted by Gasteiger charge is -2.29. The quantitative estimate of drug-likeness (QED) is 0.0218. The molecular weight excluding hydrogens is 1680 g/mol. The van der Waals surface area contributed by atoms with Gasteiger partial charge in [-0.2, -0.15) is 0 Å². The summed E-state index contributed by atoms with van der Waals surface area (Å²) in [6.07, 6.45) is 14.2. The van der Waals surface area contributed by atoms with E-state index in [4.69, 9.17) is 27.4 Å².